The lowest BCUT2D eigenvalue weighted by Gasteiger charge is -2.09. The summed E-state index contributed by atoms with van der Waals surface area (Å²) in [5.41, 5.74) is 1.62. The van der Waals surface area contributed by atoms with E-state index in [0.717, 1.165) is 5.56 Å². The van der Waals surface area contributed by atoms with E-state index in [9.17, 15) is 9.59 Å². The van der Waals surface area contributed by atoms with Gasteiger partial charge in [0, 0.05) is 18.0 Å². The van der Waals surface area contributed by atoms with Crippen LogP contribution in [0.4, 0.5) is 5.69 Å². The molecule has 7 heteroatoms. The zero-order valence-corrected chi connectivity index (χ0v) is 12.4. The summed E-state index contributed by atoms with van der Waals surface area (Å²) in [6, 6.07) is 10.1. The normalized spacial score (nSPS) is 10.5. The SMILES string of the molecule is Cc1noc(Cc2ccccc2NC(=O)c2ccc(=O)[nH]c2)n1. The van der Waals surface area contributed by atoms with E-state index in [4.69, 9.17) is 4.52 Å². The summed E-state index contributed by atoms with van der Waals surface area (Å²) in [5.74, 6) is 0.735. The first-order valence-electron chi connectivity index (χ1n) is 6.99. The highest BCUT2D eigenvalue weighted by molar-refractivity contribution is 6.04. The van der Waals surface area contributed by atoms with Crippen molar-refractivity contribution in [3.05, 3.63) is 75.8 Å². The zero-order chi connectivity index (χ0) is 16.2. The molecule has 2 heterocycles. The number of amides is 1. The Morgan fingerprint density at radius 1 is 1.26 bits per heavy atom. The maximum atomic E-state index is 12.2. The average molecular weight is 310 g/mol. The number of carbonyl (C=O) groups is 1. The molecular formula is C16H14N4O3. The molecule has 2 N–H and O–H groups in total. The Morgan fingerprint density at radius 2 is 2.09 bits per heavy atom. The van der Waals surface area contributed by atoms with Gasteiger partial charge in [-0.05, 0) is 24.6 Å². The van der Waals surface area contributed by atoms with Crippen molar-refractivity contribution in [3.63, 3.8) is 0 Å². The molecule has 1 amide bonds. The highest BCUT2D eigenvalue weighted by Crippen LogP contribution is 2.19. The van der Waals surface area contributed by atoms with Gasteiger partial charge in [-0.3, -0.25) is 9.59 Å². The number of hydrogen-bond acceptors (Lipinski definition) is 5. The van der Waals surface area contributed by atoms with E-state index in [2.05, 4.69) is 20.4 Å². The lowest BCUT2D eigenvalue weighted by Crippen LogP contribution is -2.15. The molecule has 0 radical (unpaired) electrons. The first kappa shape index (κ1) is 14.7. The van der Waals surface area contributed by atoms with Crippen molar-refractivity contribution < 1.29 is 9.32 Å². The van der Waals surface area contributed by atoms with Crippen LogP contribution in [0.3, 0.4) is 0 Å². The van der Waals surface area contributed by atoms with Crippen LogP contribution >= 0.6 is 0 Å². The molecule has 23 heavy (non-hydrogen) atoms. The van der Waals surface area contributed by atoms with Gasteiger partial charge in [-0.15, -0.1) is 0 Å². The summed E-state index contributed by atoms with van der Waals surface area (Å²) in [6.07, 6.45) is 1.80. The fraction of sp³-hybridized carbons (Fsp3) is 0.125. The Labute approximate surface area is 131 Å². The van der Waals surface area contributed by atoms with Crippen LogP contribution < -0.4 is 10.9 Å². The summed E-state index contributed by atoms with van der Waals surface area (Å²) in [5, 5.41) is 6.57. The molecule has 3 rings (SSSR count). The van der Waals surface area contributed by atoms with Crippen molar-refractivity contribution in [1.29, 1.82) is 0 Å². The second-order valence-corrected chi connectivity index (χ2v) is 4.96. The lowest BCUT2D eigenvalue weighted by molar-refractivity contribution is 0.102. The summed E-state index contributed by atoms with van der Waals surface area (Å²) >= 11 is 0. The Balaban J connectivity index is 1.81. The molecule has 0 saturated heterocycles. The Hall–Kier alpha value is -3.22. The predicted octanol–water partition coefficient (Wildman–Crippen LogP) is 1.91. The fourth-order valence-corrected chi connectivity index (χ4v) is 2.12. The van der Waals surface area contributed by atoms with Crippen LogP contribution in [0, 0.1) is 6.92 Å². The molecule has 0 spiro atoms. The zero-order valence-electron chi connectivity index (χ0n) is 12.4. The van der Waals surface area contributed by atoms with Crippen molar-refractivity contribution in [2.45, 2.75) is 13.3 Å². The smallest absolute Gasteiger partial charge is 0.257 e. The Bertz CT molecular complexity index is 878. The van der Waals surface area contributed by atoms with Gasteiger partial charge >= 0.3 is 0 Å². The van der Waals surface area contributed by atoms with Gasteiger partial charge in [0.05, 0.1) is 12.0 Å². The van der Waals surface area contributed by atoms with Crippen molar-refractivity contribution in [1.82, 2.24) is 15.1 Å². The van der Waals surface area contributed by atoms with E-state index in [1.165, 1.54) is 18.3 Å². The third kappa shape index (κ3) is 3.52. The first-order valence-corrected chi connectivity index (χ1v) is 6.99. The van der Waals surface area contributed by atoms with E-state index < -0.39 is 0 Å². The number of nitrogens with one attached hydrogen (secondary N) is 2. The number of aryl methyl sites for hydroxylation is 1. The standard InChI is InChI=1S/C16H14N4O3/c1-10-18-15(23-20-10)8-11-4-2-3-5-13(11)19-16(22)12-6-7-14(21)17-9-12/h2-7,9H,8H2,1H3,(H,17,21)(H,19,22). The van der Waals surface area contributed by atoms with Crippen LogP contribution in [-0.2, 0) is 6.42 Å². The third-order valence-electron chi connectivity index (χ3n) is 3.22. The highest BCUT2D eigenvalue weighted by Gasteiger charge is 2.11. The second kappa shape index (κ2) is 6.27. The van der Waals surface area contributed by atoms with Crippen molar-refractivity contribution in [2.75, 3.05) is 5.32 Å². The molecule has 1 aromatic carbocycles. The summed E-state index contributed by atoms with van der Waals surface area (Å²) in [6.45, 7) is 1.75. The fourth-order valence-electron chi connectivity index (χ4n) is 2.12. The number of rotatable bonds is 4. The van der Waals surface area contributed by atoms with Crippen LogP contribution in [0.2, 0.25) is 0 Å². The molecule has 0 bridgehead atoms. The number of para-hydroxylation sites is 1. The number of nitrogens with zero attached hydrogens (tertiary/aromatic N) is 2. The monoisotopic (exact) mass is 310 g/mol. The van der Waals surface area contributed by atoms with Gasteiger partial charge in [-0.2, -0.15) is 4.98 Å². The number of H-pyrrole nitrogens is 1. The molecule has 0 aliphatic rings. The molecule has 0 aliphatic heterocycles. The van der Waals surface area contributed by atoms with Crippen LogP contribution in [-0.4, -0.2) is 21.0 Å². The molecule has 2 aromatic heterocycles. The third-order valence-corrected chi connectivity index (χ3v) is 3.22. The predicted molar refractivity (Wildman–Crippen MR) is 83.3 cm³/mol. The van der Waals surface area contributed by atoms with Gasteiger partial charge in [0.15, 0.2) is 5.82 Å². The second-order valence-electron chi connectivity index (χ2n) is 4.96. The van der Waals surface area contributed by atoms with Crippen LogP contribution in [0.25, 0.3) is 0 Å². The number of aromatic nitrogens is 3. The number of pyridine rings is 1. The minimum atomic E-state index is -0.310. The maximum absolute atomic E-state index is 12.2. The van der Waals surface area contributed by atoms with Crippen LogP contribution in [0.5, 0.6) is 0 Å². The quantitative estimate of drug-likeness (QED) is 0.766. The topological polar surface area (TPSA) is 101 Å². The van der Waals surface area contributed by atoms with Gasteiger partial charge in [0.1, 0.15) is 0 Å². The van der Waals surface area contributed by atoms with Crippen LogP contribution in [0.1, 0.15) is 27.6 Å². The van der Waals surface area contributed by atoms with E-state index in [0.29, 0.717) is 29.4 Å². The van der Waals surface area contributed by atoms with Crippen LogP contribution in [0.15, 0.2) is 51.9 Å². The molecule has 0 fully saturated rings. The molecule has 7 nitrogen and oxygen atoms in total. The molecule has 0 atom stereocenters. The van der Waals surface area contributed by atoms with Gasteiger partial charge in [0.25, 0.3) is 5.91 Å². The van der Waals surface area contributed by atoms with E-state index in [-0.39, 0.29) is 11.5 Å². The Morgan fingerprint density at radius 3 is 2.78 bits per heavy atom. The highest BCUT2D eigenvalue weighted by atomic mass is 16.5. The van der Waals surface area contributed by atoms with Gasteiger partial charge in [-0.1, -0.05) is 23.4 Å². The van der Waals surface area contributed by atoms with Crippen molar-refractivity contribution >= 4 is 11.6 Å². The van der Waals surface area contributed by atoms with Crippen molar-refractivity contribution in [3.8, 4) is 0 Å². The number of carbonyl (C=O) groups excluding carboxylic acids is 1. The molecular weight excluding hydrogens is 296 g/mol. The molecule has 3 aromatic rings. The number of hydrogen-bond donors (Lipinski definition) is 2. The molecule has 116 valence electrons. The Kier molecular flexibility index (Phi) is 4.01. The summed E-state index contributed by atoms with van der Waals surface area (Å²) in [7, 11) is 0. The van der Waals surface area contributed by atoms with Gasteiger partial charge in [0.2, 0.25) is 11.4 Å². The average Bonchev–Trinajstić information content (AvgIpc) is 2.95. The van der Waals surface area contributed by atoms with E-state index in [1.54, 1.807) is 13.0 Å². The molecule has 0 saturated carbocycles. The van der Waals surface area contributed by atoms with Gasteiger partial charge < -0.3 is 14.8 Å². The molecule has 0 unspecified atom stereocenters. The lowest BCUT2D eigenvalue weighted by atomic mass is 10.1. The first-order chi connectivity index (χ1) is 11.1. The van der Waals surface area contributed by atoms with E-state index >= 15 is 0 Å². The minimum Gasteiger partial charge on any atom is -0.339 e. The summed E-state index contributed by atoms with van der Waals surface area (Å²) in [4.78, 5) is 29.9. The van der Waals surface area contributed by atoms with Gasteiger partial charge in [-0.25, -0.2) is 0 Å². The molecule has 0 aliphatic carbocycles. The number of anilines is 1. The largest absolute Gasteiger partial charge is 0.339 e. The minimum absolute atomic E-state index is 0.256. The number of benzene rings is 1. The van der Waals surface area contributed by atoms with E-state index in [1.807, 2.05) is 18.2 Å². The van der Waals surface area contributed by atoms with Crippen molar-refractivity contribution in [2.24, 2.45) is 0 Å². The maximum Gasteiger partial charge on any atom is 0.257 e. The summed E-state index contributed by atoms with van der Waals surface area (Å²) < 4.78 is 5.11. The number of aromatic amines is 1.